The van der Waals surface area contributed by atoms with Gasteiger partial charge >= 0.3 is 0 Å². The summed E-state index contributed by atoms with van der Waals surface area (Å²) < 4.78 is 0. The number of hydrogen-bond donors (Lipinski definition) is 1. The number of hydrogen-bond acceptors (Lipinski definition) is 4. The van der Waals surface area contributed by atoms with E-state index in [2.05, 4.69) is 41.0 Å². The van der Waals surface area contributed by atoms with Gasteiger partial charge < -0.3 is 10.2 Å². The van der Waals surface area contributed by atoms with Gasteiger partial charge in [-0.15, -0.1) is 0 Å². The van der Waals surface area contributed by atoms with Crippen molar-refractivity contribution in [1.29, 1.82) is 0 Å². The highest BCUT2D eigenvalue weighted by molar-refractivity contribution is 5.05. The summed E-state index contributed by atoms with van der Waals surface area (Å²) in [4.78, 5) is 11.2. The van der Waals surface area contributed by atoms with Crippen LogP contribution in [0.4, 0.5) is 0 Å². The fourth-order valence-electron chi connectivity index (χ4n) is 1.67. The molecule has 0 unspecified atom stereocenters. The molecule has 1 aromatic heterocycles. The molecule has 0 amide bonds. The summed E-state index contributed by atoms with van der Waals surface area (Å²) >= 11 is 0. The number of aromatic nitrogens is 2. The Hall–Kier alpha value is -1.00. The summed E-state index contributed by atoms with van der Waals surface area (Å²) in [7, 11) is 0. The quantitative estimate of drug-likeness (QED) is 0.742. The van der Waals surface area contributed by atoms with E-state index in [1.807, 2.05) is 12.4 Å². The molecule has 0 atom stereocenters. The molecular formula is C13H24N4. The third kappa shape index (κ3) is 5.24. The monoisotopic (exact) mass is 236 g/mol. The van der Waals surface area contributed by atoms with Crippen LogP contribution in [0, 0.1) is 0 Å². The highest BCUT2D eigenvalue weighted by Gasteiger charge is 2.02. The summed E-state index contributed by atoms with van der Waals surface area (Å²) in [5, 5.41) is 3.26. The first-order chi connectivity index (χ1) is 8.30. The zero-order valence-electron chi connectivity index (χ0n) is 11.2. The van der Waals surface area contributed by atoms with Crippen LogP contribution >= 0.6 is 0 Å². The van der Waals surface area contributed by atoms with Crippen LogP contribution < -0.4 is 5.32 Å². The molecule has 1 rings (SSSR count). The SMILES string of the molecule is CCNCc1cnc(CCN(CC)CC)nc1. The minimum absolute atomic E-state index is 0.854. The van der Waals surface area contributed by atoms with Crippen LogP contribution in [0.25, 0.3) is 0 Å². The molecule has 0 aliphatic rings. The lowest BCUT2D eigenvalue weighted by Crippen LogP contribution is -2.25. The first kappa shape index (κ1) is 14.1. The fraction of sp³-hybridized carbons (Fsp3) is 0.692. The molecule has 96 valence electrons. The van der Waals surface area contributed by atoms with E-state index < -0.39 is 0 Å². The van der Waals surface area contributed by atoms with Gasteiger partial charge in [-0.3, -0.25) is 0 Å². The maximum atomic E-state index is 4.39. The van der Waals surface area contributed by atoms with Crippen molar-refractivity contribution in [3.05, 3.63) is 23.8 Å². The third-order valence-corrected chi connectivity index (χ3v) is 2.88. The predicted molar refractivity (Wildman–Crippen MR) is 70.9 cm³/mol. The second kappa shape index (κ2) is 8.14. The Kier molecular flexibility index (Phi) is 6.74. The van der Waals surface area contributed by atoms with Gasteiger partial charge in [-0.2, -0.15) is 0 Å². The zero-order valence-corrected chi connectivity index (χ0v) is 11.2. The maximum absolute atomic E-state index is 4.39. The van der Waals surface area contributed by atoms with Gasteiger partial charge in [0, 0.05) is 37.5 Å². The molecule has 4 heteroatoms. The summed E-state index contributed by atoms with van der Waals surface area (Å²) in [6.07, 6.45) is 4.78. The molecule has 0 aromatic carbocycles. The Morgan fingerprint density at radius 2 is 1.76 bits per heavy atom. The molecule has 0 fully saturated rings. The average Bonchev–Trinajstić information content (AvgIpc) is 2.39. The maximum Gasteiger partial charge on any atom is 0.129 e. The minimum atomic E-state index is 0.854. The van der Waals surface area contributed by atoms with E-state index in [9.17, 15) is 0 Å². The smallest absolute Gasteiger partial charge is 0.129 e. The molecule has 0 aliphatic heterocycles. The first-order valence-corrected chi connectivity index (χ1v) is 6.53. The predicted octanol–water partition coefficient (Wildman–Crippen LogP) is 1.47. The first-order valence-electron chi connectivity index (χ1n) is 6.53. The highest BCUT2D eigenvalue weighted by atomic mass is 15.1. The molecule has 17 heavy (non-hydrogen) atoms. The zero-order chi connectivity index (χ0) is 12.5. The standard InChI is InChI=1S/C13H24N4/c1-4-14-9-12-10-15-13(16-11-12)7-8-17(5-2)6-3/h10-11,14H,4-9H2,1-3H3. The van der Waals surface area contributed by atoms with Crippen molar-refractivity contribution < 1.29 is 0 Å². The molecule has 0 spiro atoms. The topological polar surface area (TPSA) is 41.1 Å². The van der Waals surface area contributed by atoms with Crippen molar-refractivity contribution in [2.75, 3.05) is 26.2 Å². The van der Waals surface area contributed by atoms with Gasteiger partial charge in [-0.1, -0.05) is 20.8 Å². The normalized spacial score (nSPS) is 11.1. The Morgan fingerprint density at radius 1 is 1.12 bits per heavy atom. The Labute approximate surface area is 104 Å². The summed E-state index contributed by atoms with van der Waals surface area (Å²) in [6, 6.07) is 0. The van der Waals surface area contributed by atoms with Crippen LogP contribution in [0.3, 0.4) is 0 Å². The average molecular weight is 236 g/mol. The van der Waals surface area contributed by atoms with Crippen LogP contribution in [0.1, 0.15) is 32.2 Å². The Morgan fingerprint density at radius 3 is 2.29 bits per heavy atom. The summed E-state index contributed by atoms with van der Waals surface area (Å²) in [5.74, 6) is 0.942. The van der Waals surface area contributed by atoms with E-state index in [1.54, 1.807) is 0 Å². The largest absolute Gasteiger partial charge is 0.313 e. The number of nitrogens with one attached hydrogen (secondary N) is 1. The van der Waals surface area contributed by atoms with E-state index in [1.165, 1.54) is 0 Å². The van der Waals surface area contributed by atoms with Crippen LogP contribution in [0.5, 0.6) is 0 Å². The van der Waals surface area contributed by atoms with Crippen molar-refractivity contribution in [2.24, 2.45) is 0 Å². The molecule has 0 radical (unpaired) electrons. The number of nitrogens with zero attached hydrogens (tertiary/aromatic N) is 3. The molecule has 1 aromatic rings. The molecule has 1 N–H and O–H groups in total. The third-order valence-electron chi connectivity index (χ3n) is 2.88. The van der Waals surface area contributed by atoms with Crippen LogP contribution in [0.15, 0.2) is 12.4 Å². The molecule has 0 bridgehead atoms. The molecule has 0 saturated heterocycles. The molecule has 4 nitrogen and oxygen atoms in total. The van der Waals surface area contributed by atoms with Crippen LogP contribution in [-0.2, 0) is 13.0 Å². The number of likely N-dealkylation sites (N-methyl/N-ethyl adjacent to an activating group) is 1. The summed E-state index contributed by atoms with van der Waals surface area (Å²) in [6.45, 7) is 11.5. The van der Waals surface area contributed by atoms with Crippen molar-refractivity contribution in [3.8, 4) is 0 Å². The van der Waals surface area contributed by atoms with Crippen molar-refractivity contribution in [2.45, 2.75) is 33.7 Å². The van der Waals surface area contributed by atoms with Crippen LogP contribution in [-0.4, -0.2) is 41.0 Å². The second-order valence-electron chi connectivity index (χ2n) is 4.06. The Bertz CT molecular complexity index is 293. The Balaban J connectivity index is 2.39. The molecule has 0 saturated carbocycles. The van der Waals surface area contributed by atoms with Gasteiger partial charge in [0.05, 0.1) is 0 Å². The van der Waals surface area contributed by atoms with E-state index in [4.69, 9.17) is 0 Å². The van der Waals surface area contributed by atoms with E-state index in [0.29, 0.717) is 0 Å². The van der Waals surface area contributed by atoms with E-state index >= 15 is 0 Å². The molecular weight excluding hydrogens is 212 g/mol. The van der Waals surface area contributed by atoms with Gasteiger partial charge in [-0.25, -0.2) is 9.97 Å². The molecule has 1 heterocycles. The lowest BCUT2D eigenvalue weighted by Gasteiger charge is -2.16. The highest BCUT2D eigenvalue weighted by Crippen LogP contribution is 1.98. The molecule has 0 aliphatic carbocycles. The lowest BCUT2D eigenvalue weighted by atomic mass is 10.3. The van der Waals surface area contributed by atoms with Gasteiger partial charge in [0.1, 0.15) is 5.82 Å². The fourth-order valence-corrected chi connectivity index (χ4v) is 1.67. The van der Waals surface area contributed by atoms with Gasteiger partial charge in [0.15, 0.2) is 0 Å². The minimum Gasteiger partial charge on any atom is -0.313 e. The number of rotatable bonds is 8. The van der Waals surface area contributed by atoms with E-state index in [0.717, 1.165) is 50.5 Å². The van der Waals surface area contributed by atoms with E-state index in [-0.39, 0.29) is 0 Å². The van der Waals surface area contributed by atoms with Crippen molar-refractivity contribution >= 4 is 0 Å². The van der Waals surface area contributed by atoms with Crippen molar-refractivity contribution in [3.63, 3.8) is 0 Å². The van der Waals surface area contributed by atoms with Gasteiger partial charge in [0.25, 0.3) is 0 Å². The second-order valence-corrected chi connectivity index (χ2v) is 4.06. The lowest BCUT2D eigenvalue weighted by molar-refractivity contribution is 0.305. The van der Waals surface area contributed by atoms with Crippen LogP contribution in [0.2, 0.25) is 0 Å². The van der Waals surface area contributed by atoms with Gasteiger partial charge in [0.2, 0.25) is 0 Å². The van der Waals surface area contributed by atoms with Crippen molar-refractivity contribution in [1.82, 2.24) is 20.2 Å². The summed E-state index contributed by atoms with van der Waals surface area (Å²) in [5.41, 5.74) is 1.15. The van der Waals surface area contributed by atoms with Gasteiger partial charge in [-0.05, 0) is 19.6 Å².